The lowest BCUT2D eigenvalue weighted by Crippen LogP contribution is -2.41. The van der Waals surface area contributed by atoms with Gasteiger partial charge in [-0.05, 0) is 63.1 Å². The van der Waals surface area contributed by atoms with E-state index in [2.05, 4.69) is 15.2 Å². The number of hydrogen-bond donors (Lipinski definition) is 1. The van der Waals surface area contributed by atoms with Crippen LogP contribution in [0.1, 0.15) is 26.7 Å². The Morgan fingerprint density at radius 2 is 1.74 bits per heavy atom. The van der Waals surface area contributed by atoms with E-state index in [-0.39, 0.29) is 11.8 Å². The first-order valence-corrected chi connectivity index (χ1v) is 10.9. The van der Waals surface area contributed by atoms with E-state index >= 15 is 0 Å². The molecule has 1 aliphatic heterocycles. The Kier molecular flexibility index (Phi) is 6.50. The van der Waals surface area contributed by atoms with Gasteiger partial charge in [-0.3, -0.25) is 4.79 Å². The van der Waals surface area contributed by atoms with Crippen LogP contribution >= 0.6 is 0 Å². The van der Waals surface area contributed by atoms with Gasteiger partial charge in [-0.25, -0.2) is 9.97 Å². The number of anilines is 2. The molecule has 0 radical (unpaired) electrons. The molecule has 0 bridgehead atoms. The molecule has 7 nitrogen and oxygen atoms in total. The zero-order valence-corrected chi connectivity index (χ0v) is 18.0. The van der Waals surface area contributed by atoms with Gasteiger partial charge in [0.15, 0.2) is 5.82 Å². The van der Waals surface area contributed by atoms with Crippen molar-refractivity contribution in [3.8, 4) is 11.6 Å². The van der Waals surface area contributed by atoms with E-state index in [4.69, 9.17) is 14.5 Å². The second-order valence-electron chi connectivity index (χ2n) is 7.51. The maximum Gasteiger partial charge on any atom is 0.258 e. The van der Waals surface area contributed by atoms with Crippen LogP contribution in [0.15, 0.2) is 48.5 Å². The van der Waals surface area contributed by atoms with Gasteiger partial charge in [0, 0.05) is 18.8 Å². The van der Waals surface area contributed by atoms with E-state index in [1.165, 1.54) is 0 Å². The van der Waals surface area contributed by atoms with Crippen molar-refractivity contribution in [2.24, 2.45) is 5.92 Å². The number of carbonyl (C=O) groups is 1. The van der Waals surface area contributed by atoms with Gasteiger partial charge in [0.25, 0.3) is 5.88 Å². The minimum absolute atomic E-state index is 0.0144. The van der Waals surface area contributed by atoms with E-state index in [1.54, 1.807) is 0 Å². The number of carbonyl (C=O) groups excluding carboxylic acids is 1. The number of nitrogens with one attached hydrogen (secondary N) is 1. The molecule has 3 aromatic rings. The highest BCUT2D eigenvalue weighted by atomic mass is 16.5. The smallest absolute Gasteiger partial charge is 0.258 e. The zero-order chi connectivity index (χ0) is 21.6. The molecular weight excluding hydrogens is 392 g/mol. The van der Waals surface area contributed by atoms with Crippen molar-refractivity contribution in [2.45, 2.75) is 26.7 Å². The van der Waals surface area contributed by atoms with Gasteiger partial charge in [0.2, 0.25) is 5.91 Å². The van der Waals surface area contributed by atoms with E-state index < -0.39 is 0 Å². The fourth-order valence-electron chi connectivity index (χ4n) is 3.84. The van der Waals surface area contributed by atoms with Crippen molar-refractivity contribution in [2.75, 3.05) is 36.5 Å². The second-order valence-corrected chi connectivity index (χ2v) is 7.51. The molecule has 7 heteroatoms. The lowest BCUT2D eigenvalue weighted by Gasteiger charge is -2.33. The number of benzene rings is 2. The summed E-state index contributed by atoms with van der Waals surface area (Å²) in [5, 5.41) is 3.03. The first-order valence-electron chi connectivity index (χ1n) is 10.9. The summed E-state index contributed by atoms with van der Waals surface area (Å²) in [5.74, 6) is 1.90. The number of amides is 1. The van der Waals surface area contributed by atoms with Gasteiger partial charge >= 0.3 is 0 Å². The molecule has 1 saturated heterocycles. The van der Waals surface area contributed by atoms with Crippen molar-refractivity contribution in [3.05, 3.63) is 48.5 Å². The quantitative estimate of drug-likeness (QED) is 0.615. The summed E-state index contributed by atoms with van der Waals surface area (Å²) in [6.45, 7) is 6.40. The number of fused-ring (bicyclic) bond motifs is 1. The number of hydrogen-bond acceptors (Lipinski definition) is 6. The van der Waals surface area contributed by atoms with Gasteiger partial charge in [-0.15, -0.1) is 0 Å². The van der Waals surface area contributed by atoms with Crippen molar-refractivity contribution >= 4 is 28.4 Å². The molecule has 1 fully saturated rings. The zero-order valence-electron chi connectivity index (χ0n) is 18.0. The molecular formula is C24H28N4O3. The van der Waals surface area contributed by atoms with Crippen LogP contribution in [0, 0.1) is 5.92 Å². The number of para-hydroxylation sites is 2. The molecule has 0 saturated carbocycles. The third-order valence-corrected chi connectivity index (χ3v) is 5.33. The topological polar surface area (TPSA) is 76.6 Å². The molecule has 4 rings (SSSR count). The lowest BCUT2D eigenvalue weighted by atomic mass is 9.97. The van der Waals surface area contributed by atoms with E-state index in [1.807, 2.05) is 62.4 Å². The second kappa shape index (κ2) is 9.64. The third-order valence-electron chi connectivity index (χ3n) is 5.33. The molecule has 1 amide bonds. The minimum Gasteiger partial charge on any atom is -0.494 e. The molecule has 1 atom stereocenters. The average Bonchev–Trinajstić information content (AvgIpc) is 2.80. The summed E-state index contributed by atoms with van der Waals surface area (Å²) in [6, 6.07) is 15.2. The summed E-state index contributed by atoms with van der Waals surface area (Å²) in [7, 11) is 0. The fourth-order valence-corrected chi connectivity index (χ4v) is 3.84. The van der Waals surface area contributed by atoms with Crippen molar-refractivity contribution in [3.63, 3.8) is 0 Å². The van der Waals surface area contributed by atoms with Crippen LogP contribution in [0.4, 0.5) is 11.5 Å². The molecule has 31 heavy (non-hydrogen) atoms. The van der Waals surface area contributed by atoms with Crippen LogP contribution in [0.5, 0.6) is 11.6 Å². The van der Waals surface area contributed by atoms with E-state index in [0.29, 0.717) is 31.5 Å². The number of ether oxygens (including phenoxy) is 2. The highest BCUT2D eigenvalue weighted by Crippen LogP contribution is 2.31. The summed E-state index contributed by atoms with van der Waals surface area (Å²) >= 11 is 0. The standard InChI is InChI=1S/C24H28N4O3/c1-3-30-19-13-11-18(12-14-19)25-23(29)17-8-7-15-28(16-17)22-24(31-4-2)27-21-10-6-5-9-20(21)26-22/h5-6,9-14,17H,3-4,7-8,15-16H2,1-2H3,(H,25,29)/t17-/m0/s1. The van der Waals surface area contributed by atoms with Gasteiger partial charge in [0.05, 0.1) is 30.2 Å². The predicted octanol–water partition coefficient (Wildman–Crippen LogP) is 4.28. The van der Waals surface area contributed by atoms with Crippen molar-refractivity contribution in [1.82, 2.24) is 9.97 Å². The van der Waals surface area contributed by atoms with E-state index in [0.717, 1.165) is 41.9 Å². The maximum absolute atomic E-state index is 12.9. The Hall–Kier alpha value is -3.35. The summed E-state index contributed by atoms with van der Waals surface area (Å²) in [4.78, 5) is 24.5. The minimum atomic E-state index is -0.136. The molecule has 2 heterocycles. The largest absolute Gasteiger partial charge is 0.494 e. The monoisotopic (exact) mass is 420 g/mol. The molecule has 1 aromatic heterocycles. The van der Waals surface area contributed by atoms with Crippen LogP contribution < -0.4 is 19.7 Å². The first kappa shape index (κ1) is 20.9. The molecule has 162 valence electrons. The number of rotatable bonds is 7. The number of piperidine rings is 1. The van der Waals surface area contributed by atoms with Crippen molar-refractivity contribution in [1.29, 1.82) is 0 Å². The van der Waals surface area contributed by atoms with Crippen molar-refractivity contribution < 1.29 is 14.3 Å². The first-order chi connectivity index (χ1) is 15.2. The SMILES string of the molecule is CCOc1ccc(NC(=O)[C@H]2CCCN(c3nc4ccccc4nc3OCC)C2)cc1. The molecule has 0 spiro atoms. The van der Waals surface area contributed by atoms with Crippen LogP contribution in [0.3, 0.4) is 0 Å². The summed E-state index contributed by atoms with van der Waals surface area (Å²) < 4.78 is 11.3. The molecule has 1 N–H and O–H groups in total. The Labute approximate surface area is 182 Å². The predicted molar refractivity (Wildman–Crippen MR) is 122 cm³/mol. The highest BCUT2D eigenvalue weighted by molar-refractivity contribution is 5.93. The summed E-state index contributed by atoms with van der Waals surface area (Å²) in [5.41, 5.74) is 2.39. The third kappa shape index (κ3) is 4.87. The van der Waals surface area contributed by atoms with E-state index in [9.17, 15) is 4.79 Å². The lowest BCUT2D eigenvalue weighted by molar-refractivity contribution is -0.120. The van der Waals surface area contributed by atoms with Gasteiger partial charge in [-0.2, -0.15) is 0 Å². The van der Waals surface area contributed by atoms with Gasteiger partial charge in [0.1, 0.15) is 5.75 Å². The Morgan fingerprint density at radius 3 is 2.45 bits per heavy atom. The van der Waals surface area contributed by atoms with Crippen LogP contribution in [-0.2, 0) is 4.79 Å². The fraction of sp³-hybridized carbons (Fsp3) is 0.375. The summed E-state index contributed by atoms with van der Waals surface area (Å²) in [6.07, 6.45) is 1.74. The average molecular weight is 421 g/mol. The normalized spacial score (nSPS) is 16.2. The molecule has 0 aliphatic carbocycles. The van der Waals surface area contributed by atoms with Gasteiger partial charge < -0.3 is 19.7 Å². The Balaban J connectivity index is 1.50. The van der Waals surface area contributed by atoms with Crippen LogP contribution in [0.25, 0.3) is 11.0 Å². The van der Waals surface area contributed by atoms with Crippen LogP contribution in [0.2, 0.25) is 0 Å². The van der Waals surface area contributed by atoms with Gasteiger partial charge in [-0.1, -0.05) is 12.1 Å². The van der Waals surface area contributed by atoms with Crippen LogP contribution in [-0.4, -0.2) is 42.2 Å². The number of nitrogens with zero attached hydrogens (tertiary/aromatic N) is 3. The highest BCUT2D eigenvalue weighted by Gasteiger charge is 2.29. The Bertz CT molecular complexity index is 1040. The number of aromatic nitrogens is 2. The molecule has 2 aromatic carbocycles. The maximum atomic E-state index is 12.9. The molecule has 1 aliphatic rings. The molecule has 0 unspecified atom stereocenters. The Morgan fingerprint density at radius 1 is 1.03 bits per heavy atom.